The van der Waals surface area contributed by atoms with Crippen LogP contribution < -0.4 is 5.32 Å². The summed E-state index contributed by atoms with van der Waals surface area (Å²) in [5.41, 5.74) is -0.654. The van der Waals surface area contributed by atoms with Crippen LogP contribution in [-0.2, 0) is 4.79 Å². The highest BCUT2D eigenvalue weighted by molar-refractivity contribution is 5.74. The van der Waals surface area contributed by atoms with E-state index in [0.717, 1.165) is 0 Å². The summed E-state index contributed by atoms with van der Waals surface area (Å²) in [4.78, 5) is 18.6. The van der Waals surface area contributed by atoms with E-state index in [1.807, 2.05) is 6.07 Å². The van der Waals surface area contributed by atoms with Crippen molar-refractivity contribution < 1.29 is 9.90 Å². The maximum Gasteiger partial charge on any atom is 0.310 e. The van der Waals surface area contributed by atoms with Gasteiger partial charge >= 0.3 is 5.97 Å². The summed E-state index contributed by atoms with van der Waals surface area (Å²) in [5, 5.41) is 20.2. The highest BCUT2D eigenvalue weighted by atomic mass is 16.4. The summed E-state index contributed by atoms with van der Waals surface area (Å²) in [7, 11) is 0. The van der Waals surface area contributed by atoms with E-state index >= 15 is 0 Å². The van der Waals surface area contributed by atoms with Gasteiger partial charge in [-0.25, -0.2) is 9.97 Å². The van der Waals surface area contributed by atoms with Gasteiger partial charge in [0.25, 0.3) is 0 Å². The molecule has 16 heavy (non-hydrogen) atoms. The Kier molecular flexibility index (Phi) is 3.40. The molecule has 0 aromatic carbocycles. The van der Waals surface area contributed by atoms with Crippen LogP contribution in [0.1, 0.15) is 19.5 Å². The Morgan fingerprint density at radius 3 is 2.69 bits per heavy atom. The lowest BCUT2D eigenvalue weighted by Gasteiger charge is -2.19. The molecule has 0 atom stereocenters. The second kappa shape index (κ2) is 4.57. The number of hydrogen-bond acceptors (Lipinski definition) is 5. The van der Waals surface area contributed by atoms with Gasteiger partial charge in [-0.05, 0) is 13.8 Å². The molecule has 2 N–H and O–H groups in total. The van der Waals surface area contributed by atoms with Crippen LogP contribution in [0.2, 0.25) is 0 Å². The summed E-state index contributed by atoms with van der Waals surface area (Å²) in [6, 6.07) is 1.85. The lowest BCUT2D eigenvalue weighted by molar-refractivity contribution is -0.146. The van der Waals surface area contributed by atoms with Crippen LogP contribution in [0.5, 0.6) is 0 Å². The van der Waals surface area contributed by atoms with Gasteiger partial charge < -0.3 is 10.4 Å². The van der Waals surface area contributed by atoms with E-state index in [1.54, 1.807) is 13.8 Å². The molecule has 0 unspecified atom stereocenters. The van der Waals surface area contributed by atoms with Crippen molar-refractivity contribution in [2.45, 2.75) is 13.8 Å². The molecule has 1 aromatic heterocycles. The lowest BCUT2D eigenvalue weighted by atomic mass is 9.94. The van der Waals surface area contributed by atoms with Crippen LogP contribution in [0, 0.1) is 16.7 Å². The van der Waals surface area contributed by atoms with Gasteiger partial charge in [0.15, 0.2) is 5.69 Å². The SMILES string of the molecule is CC(C)(CNc1cnc(C#N)cn1)C(=O)O. The molecule has 1 aromatic rings. The molecular formula is C10H12N4O2. The van der Waals surface area contributed by atoms with Gasteiger partial charge in [0, 0.05) is 6.54 Å². The van der Waals surface area contributed by atoms with Crippen molar-refractivity contribution in [3.63, 3.8) is 0 Å². The fraction of sp³-hybridized carbons (Fsp3) is 0.400. The van der Waals surface area contributed by atoms with Crippen molar-refractivity contribution in [2.24, 2.45) is 5.41 Å². The van der Waals surface area contributed by atoms with E-state index in [4.69, 9.17) is 10.4 Å². The molecular weight excluding hydrogens is 208 g/mol. The van der Waals surface area contributed by atoms with Gasteiger partial charge in [0.05, 0.1) is 17.8 Å². The molecule has 0 radical (unpaired) electrons. The predicted octanol–water partition coefficient (Wildman–Crippen LogP) is 0.871. The fourth-order valence-corrected chi connectivity index (χ4v) is 0.864. The number of carbonyl (C=O) groups is 1. The topological polar surface area (TPSA) is 98.9 Å². The molecule has 84 valence electrons. The lowest BCUT2D eigenvalue weighted by Crippen LogP contribution is -2.32. The molecule has 6 heteroatoms. The molecule has 0 spiro atoms. The first-order valence-electron chi connectivity index (χ1n) is 4.65. The van der Waals surface area contributed by atoms with Crippen LogP contribution in [0.15, 0.2) is 12.4 Å². The smallest absolute Gasteiger partial charge is 0.310 e. The molecule has 1 heterocycles. The molecule has 0 saturated carbocycles. The number of carboxylic acids is 1. The monoisotopic (exact) mass is 220 g/mol. The maximum atomic E-state index is 10.8. The van der Waals surface area contributed by atoms with Crippen molar-refractivity contribution in [1.29, 1.82) is 5.26 Å². The quantitative estimate of drug-likeness (QED) is 0.781. The summed E-state index contributed by atoms with van der Waals surface area (Å²) in [6.07, 6.45) is 2.73. The number of anilines is 1. The normalized spacial score (nSPS) is 10.6. The first-order chi connectivity index (χ1) is 7.45. The zero-order valence-corrected chi connectivity index (χ0v) is 9.06. The van der Waals surface area contributed by atoms with Gasteiger partial charge in [-0.2, -0.15) is 5.26 Å². The molecule has 0 bridgehead atoms. The van der Waals surface area contributed by atoms with Crippen molar-refractivity contribution >= 4 is 11.8 Å². The minimum absolute atomic E-state index is 0.225. The Labute approximate surface area is 93.0 Å². The zero-order chi connectivity index (χ0) is 12.2. The first kappa shape index (κ1) is 11.9. The number of nitrogens with zero attached hydrogens (tertiary/aromatic N) is 3. The number of aliphatic carboxylic acids is 1. The average Bonchev–Trinajstić information content (AvgIpc) is 2.27. The summed E-state index contributed by atoms with van der Waals surface area (Å²) >= 11 is 0. The highest BCUT2D eigenvalue weighted by Gasteiger charge is 2.26. The zero-order valence-electron chi connectivity index (χ0n) is 9.06. The van der Waals surface area contributed by atoms with E-state index in [2.05, 4.69) is 15.3 Å². The third-order valence-electron chi connectivity index (χ3n) is 2.06. The molecule has 6 nitrogen and oxygen atoms in total. The summed E-state index contributed by atoms with van der Waals surface area (Å²) in [6.45, 7) is 3.46. The Morgan fingerprint density at radius 2 is 2.25 bits per heavy atom. The summed E-state index contributed by atoms with van der Waals surface area (Å²) < 4.78 is 0. The number of rotatable bonds is 4. The van der Waals surface area contributed by atoms with Crippen LogP contribution in [0.3, 0.4) is 0 Å². The summed E-state index contributed by atoms with van der Waals surface area (Å²) in [5.74, 6) is -0.435. The number of nitriles is 1. The van der Waals surface area contributed by atoms with E-state index in [-0.39, 0.29) is 12.2 Å². The van der Waals surface area contributed by atoms with Gasteiger partial charge in [0.2, 0.25) is 0 Å². The number of carboxylic acid groups (broad SMARTS) is 1. The molecule has 1 rings (SSSR count). The number of hydrogen-bond donors (Lipinski definition) is 2. The predicted molar refractivity (Wildman–Crippen MR) is 56.7 cm³/mol. The molecule has 0 aliphatic rings. The third kappa shape index (κ3) is 2.92. The molecule has 0 fully saturated rings. The minimum Gasteiger partial charge on any atom is -0.481 e. The fourth-order valence-electron chi connectivity index (χ4n) is 0.864. The second-order valence-corrected chi connectivity index (χ2v) is 3.94. The van der Waals surface area contributed by atoms with Gasteiger partial charge in [-0.1, -0.05) is 0 Å². The first-order valence-corrected chi connectivity index (χ1v) is 4.65. The molecule has 0 aliphatic heterocycles. The van der Waals surface area contributed by atoms with Gasteiger partial charge in [-0.15, -0.1) is 0 Å². The molecule has 0 aliphatic carbocycles. The van der Waals surface area contributed by atoms with Crippen LogP contribution >= 0.6 is 0 Å². The largest absolute Gasteiger partial charge is 0.481 e. The number of aromatic nitrogens is 2. The van der Waals surface area contributed by atoms with E-state index in [0.29, 0.717) is 5.82 Å². The molecule has 0 saturated heterocycles. The molecule has 0 amide bonds. The van der Waals surface area contributed by atoms with Gasteiger partial charge in [-0.3, -0.25) is 4.79 Å². The van der Waals surface area contributed by atoms with Crippen LogP contribution in [-0.4, -0.2) is 27.6 Å². The van der Waals surface area contributed by atoms with Crippen molar-refractivity contribution in [3.8, 4) is 6.07 Å². The van der Waals surface area contributed by atoms with Crippen molar-refractivity contribution in [3.05, 3.63) is 18.1 Å². The minimum atomic E-state index is -0.887. The van der Waals surface area contributed by atoms with Crippen LogP contribution in [0.25, 0.3) is 0 Å². The van der Waals surface area contributed by atoms with E-state index < -0.39 is 11.4 Å². The van der Waals surface area contributed by atoms with Gasteiger partial charge in [0.1, 0.15) is 11.9 Å². The number of nitrogens with one attached hydrogen (secondary N) is 1. The standard InChI is InChI=1S/C10H12N4O2/c1-10(2,9(15)16)6-14-8-5-12-7(3-11)4-13-8/h4-5H,6H2,1-2H3,(H,13,14)(H,15,16). The Hall–Kier alpha value is -2.16. The van der Waals surface area contributed by atoms with Crippen molar-refractivity contribution in [1.82, 2.24) is 9.97 Å². The second-order valence-electron chi connectivity index (χ2n) is 3.94. The average molecular weight is 220 g/mol. The Morgan fingerprint density at radius 1 is 1.56 bits per heavy atom. The van der Waals surface area contributed by atoms with E-state index in [1.165, 1.54) is 12.4 Å². The third-order valence-corrected chi connectivity index (χ3v) is 2.06. The highest BCUT2D eigenvalue weighted by Crippen LogP contribution is 2.15. The van der Waals surface area contributed by atoms with Crippen molar-refractivity contribution in [2.75, 3.05) is 11.9 Å². The maximum absolute atomic E-state index is 10.8. The van der Waals surface area contributed by atoms with E-state index in [9.17, 15) is 4.79 Å². The van der Waals surface area contributed by atoms with Crippen LogP contribution in [0.4, 0.5) is 5.82 Å². The Balaban J connectivity index is 2.62. The Bertz CT molecular complexity index is 419.